The molecule has 8 nitrogen and oxygen atoms in total. The molecule has 0 aromatic heterocycles. The molecule has 2 atom stereocenters. The molecule has 208 valence electrons. The number of halogens is 2. The van der Waals surface area contributed by atoms with E-state index in [1.165, 1.54) is 0 Å². The van der Waals surface area contributed by atoms with E-state index in [-0.39, 0.29) is 24.6 Å². The van der Waals surface area contributed by atoms with Crippen molar-refractivity contribution in [1.82, 2.24) is 15.1 Å². The first-order chi connectivity index (χ1) is 19.2. The van der Waals surface area contributed by atoms with E-state index in [0.29, 0.717) is 46.0 Å². The molecule has 3 aromatic rings. The second-order valence-electron chi connectivity index (χ2n) is 9.90. The van der Waals surface area contributed by atoms with Crippen molar-refractivity contribution < 1.29 is 19.1 Å². The lowest BCUT2D eigenvalue weighted by Crippen LogP contribution is -2.55. The number of urea groups is 1. The number of rotatable bonds is 6. The fourth-order valence-electron chi connectivity index (χ4n) is 5.01. The van der Waals surface area contributed by atoms with Gasteiger partial charge in [-0.3, -0.25) is 14.7 Å². The number of carbonyl (C=O) groups is 2. The Labute approximate surface area is 243 Å². The van der Waals surface area contributed by atoms with Gasteiger partial charge in [-0.2, -0.15) is 0 Å². The van der Waals surface area contributed by atoms with Gasteiger partial charge in [0, 0.05) is 29.2 Å². The van der Waals surface area contributed by atoms with Crippen molar-refractivity contribution in [3.8, 4) is 11.5 Å². The molecule has 1 fully saturated rings. The third-order valence-electron chi connectivity index (χ3n) is 6.78. The van der Waals surface area contributed by atoms with Crippen LogP contribution in [0.5, 0.6) is 11.5 Å². The van der Waals surface area contributed by atoms with Crippen LogP contribution in [-0.2, 0) is 4.79 Å². The average molecular weight is 582 g/mol. The first-order valence-corrected chi connectivity index (χ1v) is 13.8. The maximum atomic E-state index is 14.4. The molecule has 0 spiro atoms. The zero-order valence-electron chi connectivity index (χ0n) is 22.4. The molecule has 3 aromatic carbocycles. The van der Waals surface area contributed by atoms with Crippen molar-refractivity contribution in [2.45, 2.75) is 32.0 Å². The SMILES string of the molecule is COc1ccc(C2=N[C@@H](c3ccc(Cl)cc3)[C@@H](c3cccc(Cl)c3)N2C(=O)N2CCNC(=O)C2)c(OC(C)C)c1. The number of hydrogen-bond donors (Lipinski definition) is 1. The summed E-state index contributed by atoms with van der Waals surface area (Å²) in [6.07, 6.45) is -0.140. The van der Waals surface area contributed by atoms with E-state index in [1.54, 1.807) is 41.2 Å². The van der Waals surface area contributed by atoms with Crippen LogP contribution in [0.15, 0.2) is 71.7 Å². The van der Waals surface area contributed by atoms with Crippen LogP contribution in [0.3, 0.4) is 0 Å². The fourth-order valence-corrected chi connectivity index (χ4v) is 5.33. The fraction of sp³-hybridized carbons (Fsp3) is 0.300. The van der Waals surface area contributed by atoms with Gasteiger partial charge in [-0.15, -0.1) is 0 Å². The van der Waals surface area contributed by atoms with E-state index < -0.39 is 12.1 Å². The summed E-state index contributed by atoms with van der Waals surface area (Å²) < 4.78 is 11.7. The van der Waals surface area contributed by atoms with Crippen LogP contribution < -0.4 is 14.8 Å². The second-order valence-corrected chi connectivity index (χ2v) is 10.8. The third kappa shape index (κ3) is 5.74. The maximum absolute atomic E-state index is 14.4. The van der Waals surface area contributed by atoms with Gasteiger partial charge in [-0.05, 0) is 61.4 Å². The van der Waals surface area contributed by atoms with E-state index in [4.69, 9.17) is 37.7 Å². The van der Waals surface area contributed by atoms with Gasteiger partial charge in [0.2, 0.25) is 5.91 Å². The lowest BCUT2D eigenvalue weighted by Gasteiger charge is -2.36. The smallest absolute Gasteiger partial charge is 0.326 e. The van der Waals surface area contributed by atoms with Gasteiger partial charge >= 0.3 is 6.03 Å². The Hall–Kier alpha value is -3.75. The molecular weight excluding hydrogens is 551 g/mol. The number of piperazine rings is 1. The molecule has 0 radical (unpaired) electrons. The Kier molecular flexibility index (Phi) is 8.19. The van der Waals surface area contributed by atoms with E-state index in [0.717, 1.165) is 11.1 Å². The van der Waals surface area contributed by atoms with Crippen LogP contribution in [0.4, 0.5) is 4.79 Å². The molecule has 2 heterocycles. The standard InChI is InChI=1S/C30H30Cl2N4O4/c1-18(2)40-25-16-23(39-3)11-12-24(25)29-34-27(19-7-9-21(31)10-8-19)28(20-5-4-6-22(32)15-20)36(29)30(38)35-14-13-33-26(37)17-35/h4-12,15-16,18,27-28H,13-14,17H2,1-3H3,(H,33,37)/t27-,28+/m0/s1. The maximum Gasteiger partial charge on any atom is 0.326 e. The average Bonchev–Trinajstić information content (AvgIpc) is 3.33. The largest absolute Gasteiger partial charge is 0.497 e. The molecule has 3 amide bonds. The predicted octanol–water partition coefficient (Wildman–Crippen LogP) is 5.89. The summed E-state index contributed by atoms with van der Waals surface area (Å²) in [4.78, 5) is 35.0. The number of hydrogen-bond acceptors (Lipinski definition) is 5. The number of aliphatic imine (C=N–C) groups is 1. The van der Waals surface area contributed by atoms with E-state index in [1.807, 2.05) is 56.3 Å². The first-order valence-electron chi connectivity index (χ1n) is 13.0. The monoisotopic (exact) mass is 580 g/mol. The minimum absolute atomic E-state index is 0.0472. The highest BCUT2D eigenvalue weighted by Gasteiger charge is 2.45. The van der Waals surface area contributed by atoms with Crippen molar-refractivity contribution in [3.05, 3.63) is 93.5 Å². The summed E-state index contributed by atoms with van der Waals surface area (Å²) in [5.74, 6) is 1.37. The molecular formula is C30H30Cl2N4O4. The minimum atomic E-state index is -0.554. The van der Waals surface area contributed by atoms with Crippen molar-refractivity contribution in [2.75, 3.05) is 26.7 Å². The number of carbonyl (C=O) groups excluding carboxylic acids is 2. The number of amidine groups is 1. The van der Waals surface area contributed by atoms with Gasteiger partial charge < -0.3 is 19.7 Å². The topological polar surface area (TPSA) is 83.5 Å². The lowest BCUT2D eigenvalue weighted by atomic mass is 9.93. The molecule has 40 heavy (non-hydrogen) atoms. The van der Waals surface area contributed by atoms with Crippen molar-refractivity contribution in [2.24, 2.45) is 4.99 Å². The number of nitrogens with one attached hydrogen (secondary N) is 1. The zero-order valence-corrected chi connectivity index (χ0v) is 23.9. The summed E-state index contributed by atoms with van der Waals surface area (Å²) in [5, 5.41) is 3.93. The Bertz CT molecular complexity index is 1440. The van der Waals surface area contributed by atoms with Gasteiger partial charge in [0.25, 0.3) is 0 Å². The normalized spacial score (nSPS) is 18.9. The van der Waals surface area contributed by atoms with Gasteiger partial charge in [0.05, 0.1) is 24.8 Å². The van der Waals surface area contributed by atoms with Crippen LogP contribution in [0.1, 0.15) is 42.6 Å². The van der Waals surface area contributed by atoms with Crippen molar-refractivity contribution >= 4 is 41.0 Å². The van der Waals surface area contributed by atoms with Crippen LogP contribution in [0.2, 0.25) is 10.0 Å². The quantitative estimate of drug-likeness (QED) is 0.394. The van der Waals surface area contributed by atoms with Crippen LogP contribution >= 0.6 is 23.2 Å². The molecule has 1 N–H and O–H groups in total. The molecule has 5 rings (SSSR count). The molecule has 0 bridgehead atoms. The summed E-state index contributed by atoms with van der Waals surface area (Å²) in [6, 6.07) is 18.9. The van der Waals surface area contributed by atoms with E-state index >= 15 is 0 Å². The molecule has 2 aliphatic rings. The molecule has 0 aliphatic carbocycles. The van der Waals surface area contributed by atoms with Gasteiger partial charge in [-0.1, -0.05) is 47.5 Å². The number of nitrogens with zero attached hydrogens (tertiary/aromatic N) is 3. The summed E-state index contributed by atoms with van der Waals surface area (Å²) in [7, 11) is 1.59. The zero-order chi connectivity index (χ0) is 28.4. The number of methoxy groups -OCH3 is 1. The molecule has 0 saturated carbocycles. The van der Waals surface area contributed by atoms with Gasteiger partial charge in [-0.25, -0.2) is 4.79 Å². The Morgan fingerprint density at radius 2 is 1.80 bits per heavy atom. The number of benzene rings is 3. The highest BCUT2D eigenvalue weighted by Crippen LogP contribution is 2.46. The van der Waals surface area contributed by atoms with Crippen LogP contribution in [0, 0.1) is 0 Å². The summed E-state index contributed by atoms with van der Waals surface area (Å²) in [6.45, 7) is 4.56. The molecule has 2 aliphatic heterocycles. The molecule has 1 saturated heterocycles. The van der Waals surface area contributed by atoms with Crippen molar-refractivity contribution in [1.29, 1.82) is 0 Å². The molecule has 0 unspecified atom stereocenters. The van der Waals surface area contributed by atoms with E-state index in [9.17, 15) is 9.59 Å². The predicted molar refractivity (Wildman–Crippen MR) is 155 cm³/mol. The lowest BCUT2D eigenvalue weighted by molar-refractivity contribution is -0.123. The summed E-state index contributed by atoms with van der Waals surface area (Å²) >= 11 is 12.7. The van der Waals surface area contributed by atoms with Crippen molar-refractivity contribution in [3.63, 3.8) is 0 Å². The van der Waals surface area contributed by atoms with Gasteiger partial charge in [0.1, 0.15) is 29.9 Å². The van der Waals surface area contributed by atoms with Crippen LogP contribution in [-0.4, -0.2) is 60.4 Å². The van der Waals surface area contributed by atoms with Gasteiger partial charge in [0.15, 0.2) is 0 Å². The number of amides is 3. The van der Waals surface area contributed by atoms with Crippen LogP contribution in [0.25, 0.3) is 0 Å². The highest BCUT2D eigenvalue weighted by molar-refractivity contribution is 6.30. The molecule has 10 heteroatoms. The minimum Gasteiger partial charge on any atom is -0.497 e. The summed E-state index contributed by atoms with van der Waals surface area (Å²) in [5.41, 5.74) is 2.31. The van der Waals surface area contributed by atoms with E-state index in [2.05, 4.69) is 5.32 Å². The first kappa shape index (κ1) is 27.8. The number of ether oxygens (including phenoxy) is 2. The third-order valence-corrected chi connectivity index (χ3v) is 7.26. The second kappa shape index (κ2) is 11.8. The highest BCUT2D eigenvalue weighted by atomic mass is 35.5. The Morgan fingerprint density at radius 3 is 2.48 bits per heavy atom. The Balaban J connectivity index is 1.72. The Morgan fingerprint density at radius 1 is 1.02 bits per heavy atom.